The maximum atomic E-state index is 12.6. The lowest BCUT2D eigenvalue weighted by Crippen LogP contribution is -2.25. The predicted octanol–water partition coefficient (Wildman–Crippen LogP) is 2.02. The molecule has 0 spiro atoms. The number of aryl methyl sites for hydroxylation is 1. The third-order valence-corrected chi connectivity index (χ3v) is 4.05. The van der Waals surface area contributed by atoms with E-state index in [4.69, 9.17) is 20.9 Å². The van der Waals surface area contributed by atoms with Crippen molar-refractivity contribution in [3.8, 4) is 5.69 Å². The van der Waals surface area contributed by atoms with Gasteiger partial charge in [-0.15, -0.1) is 0 Å². The van der Waals surface area contributed by atoms with Crippen LogP contribution >= 0.6 is 11.6 Å². The lowest BCUT2D eigenvalue weighted by atomic mass is 10.2. The van der Waals surface area contributed by atoms with Gasteiger partial charge in [0, 0.05) is 13.0 Å². The third-order valence-electron chi connectivity index (χ3n) is 3.68. The lowest BCUT2D eigenvalue weighted by Gasteiger charge is -2.12. The molecule has 3 aromatic rings. The van der Waals surface area contributed by atoms with Crippen molar-refractivity contribution in [2.75, 3.05) is 19.0 Å². The number of nitrogens with one attached hydrogen (secondary N) is 1. The van der Waals surface area contributed by atoms with Crippen molar-refractivity contribution in [2.45, 2.75) is 13.3 Å². The highest BCUT2D eigenvalue weighted by Crippen LogP contribution is 2.19. The number of methoxy groups -OCH3 is 1. The lowest BCUT2D eigenvalue weighted by molar-refractivity contribution is 0.0600. The van der Waals surface area contributed by atoms with Crippen LogP contribution in [0.1, 0.15) is 22.1 Å². The van der Waals surface area contributed by atoms with Gasteiger partial charge in [-0.1, -0.05) is 28.9 Å². The van der Waals surface area contributed by atoms with Crippen LogP contribution in [0.3, 0.4) is 0 Å². The molecule has 0 radical (unpaired) electrons. The minimum atomic E-state index is -0.576. The van der Waals surface area contributed by atoms with Crippen molar-refractivity contribution in [3.05, 3.63) is 63.1 Å². The fourth-order valence-electron chi connectivity index (χ4n) is 2.41. The van der Waals surface area contributed by atoms with Gasteiger partial charge >= 0.3 is 5.97 Å². The van der Waals surface area contributed by atoms with E-state index in [1.807, 2.05) is 0 Å². The van der Waals surface area contributed by atoms with Crippen LogP contribution in [0.4, 0.5) is 5.69 Å². The van der Waals surface area contributed by atoms with Crippen molar-refractivity contribution < 1.29 is 14.1 Å². The standard InChI is InChI=1S/C17H16ClN5O4/c1-10-21-14(27-22-10)7-8-19-12-9-20-23(16(24)15(12)18)13-6-4-3-5-11(13)17(25)26-2/h3-6,9,19H,7-8H2,1-2H3. The molecule has 0 amide bonds. The van der Waals surface area contributed by atoms with Crippen LogP contribution in [0.25, 0.3) is 5.69 Å². The van der Waals surface area contributed by atoms with Gasteiger partial charge in [0.15, 0.2) is 5.82 Å². The number of aromatic nitrogens is 4. The van der Waals surface area contributed by atoms with E-state index >= 15 is 0 Å². The van der Waals surface area contributed by atoms with Gasteiger partial charge < -0.3 is 14.6 Å². The Hall–Kier alpha value is -3.20. The van der Waals surface area contributed by atoms with Crippen molar-refractivity contribution >= 4 is 23.3 Å². The highest BCUT2D eigenvalue weighted by Gasteiger charge is 2.17. The highest BCUT2D eigenvalue weighted by atomic mass is 35.5. The predicted molar refractivity (Wildman–Crippen MR) is 97.4 cm³/mol. The van der Waals surface area contributed by atoms with Crippen LogP contribution in [-0.4, -0.2) is 39.5 Å². The molecule has 10 heteroatoms. The normalized spacial score (nSPS) is 10.6. The van der Waals surface area contributed by atoms with Gasteiger partial charge in [0.1, 0.15) is 5.02 Å². The van der Waals surface area contributed by atoms with Crippen molar-refractivity contribution in [1.82, 2.24) is 19.9 Å². The molecule has 0 saturated carbocycles. The average Bonchev–Trinajstić information content (AvgIpc) is 3.10. The Kier molecular flexibility index (Phi) is 5.51. The minimum absolute atomic E-state index is 0.0496. The zero-order valence-corrected chi connectivity index (χ0v) is 15.4. The first-order valence-electron chi connectivity index (χ1n) is 8.00. The first-order valence-corrected chi connectivity index (χ1v) is 8.37. The molecule has 9 nitrogen and oxygen atoms in total. The molecular formula is C17H16ClN5O4. The second-order valence-electron chi connectivity index (χ2n) is 5.51. The summed E-state index contributed by atoms with van der Waals surface area (Å²) >= 11 is 6.20. The third kappa shape index (κ3) is 3.98. The summed E-state index contributed by atoms with van der Waals surface area (Å²) in [6, 6.07) is 6.48. The zero-order valence-electron chi connectivity index (χ0n) is 14.6. The number of anilines is 1. The quantitative estimate of drug-likeness (QED) is 0.637. The van der Waals surface area contributed by atoms with E-state index in [0.717, 1.165) is 4.68 Å². The molecule has 1 N–H and O–H groups in total. The Balaban J connectivity index is 1.83. The summed E-state index contributed by atoms with van der Waals surface area (Å²) < 4.78 is 10.8. The molecule has 1 aromatic carbocycles. The van der Waals surface area contributed by atoms with Crippen LogP contribution in [0, 0.1) is 6.92 Å². The molecule has 0 unspecified atom stereocenters. The molecule has 0 aliphatic carbocycles. The van der Waals surface area contributed by atoms with Gasteiger partial charge in [-0.2, -0.15) is 14.8 Å². The van der Waals surface area contributed by atoms with Gasteiger partial charge in [0.25, 0.3) is 5.56 Å². The number of rotatable bonds is 6. The molecular weight excluding hydrogens is 374 g/mol. The summed E-state index contributed by atoms with van der Waals surface area (Å²) in [4.78, 5) is 28.6. The Bertz CT molecular complexity index is 1030. The van der Waals surface area contributed by atoms with E-state index in [2.05, 4.69) is 20.6 Å². The number of halogens is 1. The molecule has 2 heterocycles. The molecule has 0 atom stereocenters. The highest BCUT2D eigenvalue weighted by molar-refractivity contribution is 6.32. The van der Waals surface area contributed by atoms with Crippen LogP contribution < -0.4 is 10.9 Å². The fraction of sp³-hybridized carbons (Fsp3) is 0.235. The van der Waals surface area contributed by atoms with Gasteiger partial charge in [-0.25, -0.2) is 4.79 Å². The van der Waals surface area contributed by atoms with Gasteiger partial charge in [0.2, 0.25) is 5.89 Å². The average molecular weight is 390 g/mol. The Morgan fingerprint density at radius 2 is 2.15 bits per heavy atom. The fourth-order valence-corrected chi connectivity index (χ4v) is 2.61. The second kappa shape index (κ2) is 8.00. The Morgan fingerprint density at radius 1 is 1.37 bits per heavy atom. The number of carbonyl (C=O) groups excluding carboxylic acids is 1. The summed E-state index contributed by atoms with van der Waals surface area (Å²) in [5, 5.41) is 10.8. The van der Waals surface area contributed by atoms with E-state index in [0.29, 0.717) is 30.4 Å². The van der Waals surface area contributed by atoms with E-state index in [1.54, 1.807) is 31.2 Å². The molecule has 0 fully saturated rings. The van der Waals surface area contributed by atoms with E-state index < -0.39 is 11.5 Å². The first-order chi connectivity index (χ1) is 13.0. The number of esters is 1. The number of ether oxygens (including phenoxy) is 1. The van der Waals surface area contributed by atoms with Gasteiger partial charge in [0.05, 0.1) is 30.2 Å². The molecule has 0 saturated heterocycles. The molecule has 0 aliphatic heterocycles. The number of nitrogens with zero attached hydrogens (tertiary/aromatic N) is 4. The maximum absolute atomic E-state index is 12.6. The number of para-hydroxylation sites is 1. The number of benzene rings is 1. The smallest absolute Gasteiger partial charge is 0.340 e. The Morgan fingerprint density at radius 3 is 2.85 bits per heavy atom. The summed E-state index contributed by atoms with van der Waals surface area (Å²) in [5.74, 6) is 0.452. The van der Waals surface area contributed by atoms with Crippen LogP contribution in [0.15, 0.2) is 39.8 Å². The maximum Gasteiger partial charge on any atom is 0.340 e. The second-order valence-corrected chi connectivity index (χ2v) is 5.89. The van der Waals surface area contributed by atoms with Crippen LogP contribution in [0.5, 0.6) is 0 Å². The molecule has 27 heavy (non-hydrogen) atoms. The molecule has 0 aliphatic rings. The number of carbonyl (C=O) groups is 1. The minimum Gasteiger partial charge on any atom is -0.465 e. The van der Waals surface area contributed by atoms with Gasteiger partial charge in [-0.05, 0) is 19.1 Å². The molecule has 0 bridgehead atoms. The van der Waals surface area contributed by atoms with Crippen LogP contribution in [0.2, 0.25) is 5.02 Å². The van der Waals surface area contributed by atoms with E-state index in [-0.39, 0.29) is 16.3 Å². The number of hydrogen-bond donors (Lipinski definition) is 1. The largest absolute Gasteiger partial charge is 0.465 e. The zero-order chi connectivity index (χ0) is 19.4. The van der Waals surface area contributed by atoms with E-state index in [9.17, 15) is 9.59 Å². The monoisotopic (exact) mass is 389 g/mol. The topological polar surface area (TPSA) is 112 Å². The Labute approximate surface area is 158 Å². The summed E-state index contributed by atoms with van der Waals surface area (Å²) in [5.41, 5.74) is 0.290. The number of hydrogen-bond acceptors (Lipinski definition) is 8. The van der Waals surface area contributed by atoms with Crippen LogP contribution in [-0.2, 0) is 11.2 Å². The molecule has 2 aromatic heterocycles. The first kappa shape index (κ1) is 18.6. The SMILES string of the molecule is COC(=O)c1ccccc1-n1ncc(NCCc2nc(C)no2)c(Cl)c1=O. The van der Waals surface area contributed by atoms with Gasteiger partial charge in [-0.3, -0.25) is 4.79 Å². The molecule has 140 valence electrons. The van der Waals surface area contributed by atoms with Crippen molar-refractivity contribution in [2.24, 2.45) is 0 Å². The summed E-state index contributed by atoms with van der Waals surface area (Å²) in [6.07, 6.45) is 1.88. The van der Waals surface area contributed by atoms with E-state index in [1.165, 1.54) is 13.3 Å². The molecule has 3 rings (SSSR count). The van der Waals surface area contributed by atoms with Crippen molar-refractivity contribution in [1.29, 1.82) is 0 Å². The summed E-state index contributed by atoms with van der Waals surface area (Å²) in [7, 11) is 1.26. The summed E-state index contributed by atoms with van der Waals surface area (Å²) in [6.45, 7) is 2.15. The van der Waals surface area contributed by atoms with Crippen molar-refractivity contribution in [3.63, 3.8) is 0 Å².